The van der Waals surface area contributed by atoms with Crippen LogP contribution in [-0.2, 0) is 6.42 Å². The zero-order chi connectivity index (χ0) is 15.4. The molecule has 2 unspecified atom stereocenters. The first kappa shape index (κ1) is 15.7. The van der Waals surface area contributed by atoms with Crippen molar-refractivity contribution < 1.29 is 0 Å². The molecule has 21 heavy (non-hydrogen) atoms. The van der Waals surface area contributed by atoms with E-state index in [1.165, 1.54) is 11.1 Å². The van der Waals surface area contributed by atoms with Gasteiger partial charge in [0.25, 0.3) is 0 Å². The molecule has 0 aliphatic heterocycles. The summed E-state index contributed by atoms with van der Waals surface area (Å²) in [6.07, 6.45) is 1.07. The lowest BCUT2D eigenvalue weighted by atomic mass is 9.98. The predicted molar refractivity (Wildman–Crippen MR) is 86.4 cm³/mol. The summed E-state index contributed by atoms with van der Waals surface area (Å²) < 4.78 is 2.02. The summed E-state index contributed by atoms with van der Waals surface area (Å²) in [6.45, 7) is 11.4. The number of hydrogen-bond donors (Lipinski definition) is 1. The van der Waals surface area contributed by atoms with Crippen LogP contribution < -0.4 is 5.32 Å². The second-order valence-electron chi connectivity index (χ2n) is 5.52. The standard InChI is InChI=1S/C17H26N4/c1-6-15-8-10-16(11-9-15)17(18-7-2)12(3)21-14(5)19-13(4)20-21/h8-12,17-18H,6-7H2,1-5H3. The van der Waals surface area contributed by atoms with E-state index in [-0.39, 0.29) is 12.1 Å². The molecule has 1 heterocycles. The topological polar surface area (TPSA) is 42.7 Å². The third-order valence-electron chi connectivity index (χ3n) is 3.95. The van der Waals surface area contributed by atoms with Crippen molar-refractivity contribution >= 4 is 0 Å². The molecule has 114 valence electrons. The van der Waals surface area contributed by atoms with Gasteiger partial charge in [0.2, 0.25) is 0 Å². The van der Waals surface area contributed by atoms with Gasteiger partial charge in [0.15, 0.2) is 0 Å². The molecule has 0 spiro atoms. The minimum absolute atomic E-state index is 0.221. The van der Waals surface area contributed by atoms with Crippen molar-refractivity contribution in [2.75, 3.05) is 6.54 Å². The first-order valence-electron chi connectivity index (χ1n) is 7.78. The Morgan fingerprint density at radius 2 is 1.81 bits per heavy atom. The van der Waals surface area contributed by atoms with Gasteiger partial charge in [0, 0.05) is 0 Å². The molecule has 0 saturated carbocycles. The molecule has 1 aromatic heterocycles. The molecule has 0 aliphatic rings. The molecule has 4 nitrogen and oxygen atoms in total. The Morgan fingerprint density at radius 3 is 2.29 bits per heavy atom. The number of rotatable bonds is 6. The minimum atomic E-state index is 0.221. The molecule has 1 aromatic carbocycles. The summed E-state index contributed by atoms with van der Waals surface area (Å²) in [6, 6.07) is 9.33. The first-order valence-corrected chi connectivity index (χ1v) is 7.78. The van der Waals surface area contributed by atoms with Crippen LogP contribution in [0.5, 0.6) is 0 Å². The molecule has 4 heteroatoms. The normalized spacial score (nSPS) is 14.1. The van der Waals surface area contributed by atoms with Gasteiger partial charge in [-0.05, 0) is 44.9 Å². The van der Waals surface area contributed by atoms with Gasteiger partial charge < -0.3 is 5.32 Å². The number of aryl methyl sites for hydroxylation is 3. The average Bonchev–Trinajstić information content (AvgIpc) is 2.83. The Kier molecular flexibility index (Phi) is 5.12. The van der Waals surface area contributed by atoms with Crippen LogP contribution in [0.1, 0.15) is 55.6 Å². The Hall–Kier alpha value is -1.68. The smallest absolute Gasteiger partial charge is 0.147 e. The highest BCUT2D eigenvalue weighted by atomic mass is 15.4. The number of aromatic nitrogens is 3. The number of benzene rings is 1. The van der Waals surface area contributed by atoms with Crippen LogP contribution in [0.4, 0.5) is 0 Å². The number of nitrogens with one attached hydrogen (secondary N) is 1. The second-order valence-corrected chi connectivity index (χ2v) is 5.52. The van der Waals surface area contributed by atoms with Crippen LogP contribution in [0.2, 0.25) is 0 Å². The van der Waals surface area contributed by atoms with Crippen molar-refractivity contribution in [2.24, 2.45) is 0 Å². The lowest BCUT2D eigenvalue weighted by Crippen LogP contribution is -2.29. The molecule has 0 fully saturated rings. The maximum atomic E-state index is 4.54. The summed E-state index contributed by atoms with van der Waals surface area (Å²) >= 11 is 0. The number of likely N-dealkylation sites (N-methyl/N-ethyl adjacent to an activating group) is 1. The summed E-state index contributed by atoms with van der Waals surface area (Å²) in [5, 5.41) is 8.12. The van der Waals surface area contributed by atoms with Gasteiger partial charge >= 0.3 is 0 Å². The molecular formula is C17H26N4. The highest BCUT2D eigenvalue weighted by Crippen LogP contribution is 2.26. The van der Waals surface area contributed by atoms with Crippen molar-refractivity contribution in [1.29, 1.82) is 0 Å². The molecule has 2 atom stereocenters. The largest absolute Gasteiger partial charge is 0.308 e. The van der Waals surface area contributed by atoms with Crippen molar-refractivity contribution in [3.05, 3.63) is 47.0 Å². The summed E-state index contributed by atoms with van der Waals surface area (Å²) in [4.78, 5) is 4.42. The van der Waals surface area contributed by atoms with E-state index in [9.17, 15) is 0 Å². The predicted octanol–water partition coefficient (Wildman–Crippen LogP) is 3.37. The summed E-state index contributed by atoms with van der Waals surface area (Å²) in [7, 11) is 0. The van der Waals surface area contributed by atoms with Crippen LogP contribution in [-0.4, -0.2) is 21.3 Å². The van der Waals surface area contributed by atoms with E-state index in [1.807, 2.05) is 18.5 Å². The lowest BCUT2D eigenvalue weighted by Gasteiger charge is -2.26. The molecule has 1 N–H and O–H groups in total. The van der Waals surface area contributed by atoms with E-state index in [2.05, 4.69) is 60.4 Å². The fraction of sp³-hybridized carbons (Fsp3) is 0.529. The van der Waals surface area contributed by atoms with E-state index in [4.69, 9.17) is 0 Å². The van der Waals surface area contributed by atoms with Gasteiger partial charge in [0.05, 0.1) is 12.1 Å². The van der Waals surface area contributed by atoms with E-state index < -0.39 is 0 Å². The molecule has 0 saturated heterocycles. The monoisotopic (exact) mass is 286 g/mol. The van der Waals surface area contributed by atoms with Crippen LogP contribution >= 0.6 is 0 Å². The van der Waals surface area contributed by atoms with Gasteiger partial charge in [-0.3, -0.25) is 0 Å². The van der Waals surface area contributed by atoms with Gasteiger partial charge in [-0.15, -0.1) is 0 Å². The summed E-state index contributed by atoms with van der Waals surface area (Å²) in [5.41, 5.74) is 2.67. The highest BCUT2D eigenvalue weighted by molar-refractivity contribution is 5.26. The van der Waals surface area contributed by atoms with Gasteiger partial charge in [-0.1, -0.05) is 38.1 Å². The molecule has 0 radical (unpaired) electrons. The number of nitrogens with zero attached hydrogens (tertiary/aromatic N) is 3. The SMILES string of the molecule is CCNC(c1ccc(CC)cc1)C(C)n1nc(C)nc1C. The highest BCUT2D eigenvalue weighted by Gasteiger charge is 2.22. The summed E-state index contributed by atoms with van der Waals surface area (Å²) in [5.74, 6) is 1.80. The van der Waals surface area contributed by atoms with Crippen LogP contribution in [0.25, 0.3) is 0 Å². The fourth-order valence-electron chi connectivity index (χ4n) is 2.81. The van der Waals surface area contributed by atoms with E-state index in [1.54, 1.807) is 0 Å². The molecule has 0 bridgehead atoms. The Balaban J connectivity index is 2.30. The zero-order valence-electron chi connectivity index (χ0n) is 13.7. The second kappa shape index (κ2) is 6.85. The van der Waals surface area contributed by atoms with E-state index in [0.717, 1.165) is 24.6 Å². The maximum absolute atomic E-state index is 4.54. The maximum Gasteiger partial charge on any atom is 0.147 e. The average molecular weight is 286 g/mol. The quantitative estimate of drug-likeness (QED) is 0.885. The van der Waals surface area contributed by atoms with Crippen LogP contribution in [0, 0.1) is 13.8 Å². The lowest BCUT2D eigenvalue weighted by molar-refractivity contribution is 0.352. The van der Waals surface area contributed by atoms with E-state index >= 15 is 0 Å². The van der Waals surface area contributed by atoms with E-state index in [0.29, 0.717) is 0 Å². The third-order valence-corrected chi connectivity index (χ3v) is 3.95. The molecule has 0 aliphatic carbocycles. The fourth-order valence-corrected chi connectivity index (χ4v) is 2.81. The molecule has 0 amide bonds. The van der Waals surface area contributed by atoms with Crippen LogP contribution in [0.15, 0.2) is 24.3 Å². The Labute approximate surface area is 127 Å². The Bertz CT molecular complexity index is 571. The van der Waals surface area contributed by atoms with Gasteiger partial charge in [-0.25, -0.2) is 9.67 Å². The third kappa shape index (κ3) is 3.50. The molecule has 2 rings (SSSR count). The van der Waals surface area contributed by atoms with Gasteiger partial charge in [-0.2, -0.15) is 5.10 Å². The van der Waals surface area contributed by atoms with Crippen molar-refractivity contribution in [3.63, 3.8) is 0 Å². The molecule has 2 aromatic rings. The first-order chi connectivity index (χ1) is 10.1. The molecular weight excluding hydrogens is 260 g/mol. The zero-order valence-corrected chi connectivity index (χ0v) is 13.7. The van der Waals surface area contributed by atoms with Crippen LogP contribution in [0.3, 0.4) is 0 Å². The minimum Gasteiger partial charge on any atom is -0.308 e. The van der Waals surface area contributed by atoms with Crippen molar-refractivity contribution in [2.45, 2.75) is 53.1 Å². The van der Waals surface area contributed by atoms with Gasteiger partial charge in [0.1, 0.15) is 11.6 Å². The van der Waals surface area contributed by atoms with Crippen molar-refractivity contribution in [1.82, 2.24) is 20.1 Å². The van der Waals surface area contributed by atoms with Crippen molar-refractivity contribution in [3.8, 4) is 0 Å². The number of hydrogen-bond acceptors (Lipinski definition) is 3. The Morgan fingerprint density at radius 1 is 1.14 bits per heavy atom.